The summed E-state index contributed by atoms with van der Waals surface area (Å²) >= 11 is 0. The highest BCUT2D eigenvalue weighted by Crippen LogP contribution is 2.12. The Kier molecular flexibility index (Phi) is 6.23. The van der Waals surface area contributed by atoms with E-state index in [0.29, 0.717) is 6.61 Å². The molecule has 0 fully saturated rings. The van der Waals surface area contributed by atoms with Crippen LogP contribution in [0, 0.1) is 0 Å². The Bertz CT molecular complexity index is 167. The summed E-state index contributed by atoms with van der Waals surface area (Å²) in [7, 11) is 1.23. The molecule has 5 heteroatoms. The average molecular weight is 206 g/mol. The fourth-order valence-electron chi connectivity index (χ4n) is 0.646. The molecule has 0 amide bonds. The standard InChI is InChI=1S/C9H18O5/c1-5-6-7-12-14-9(2,3)13-8(10)11-4/h5-7H2,1-4H3. The lowest BCUT2D eigenvalue weighted by atomic mass is 10.4. The minimum Gasteiger partial charge on any atom is -0.438 e. The maximum Gasteiger partial charge on any atom is 0.510 e. The van der Waals surface area contributed by atoms with Gasteiger partial charge >= 0.3 is 6.16 Å². The minimum atomic E-state index is -1.12. The second kappa shape index (κ2) is 6.62. The molecule has 0 unspecified atom stereocenters. The summed E-state index contributed by atoms with van der Waals surface area (Å²) in [5, 5.41) is 0. The molecule has 0 radical (unpaired) electrons. The van der Waals surface area contributed by atoms with Crippen LogP contribution in [0.25, 0.3) is 0 Å². The first-order valence-electron chi connectivity index (χ1n) is 4.59. The smallest absolute Gasteiger partial charge is 0.438 e. The maximum atomic E-state index is 10.7. The van der Waals surface area contributed by atoms with Gasteiger partial charge in [-0.25, -0.2) is 9.68 Å². The van der Waals surface area contributed by atoms with Crippen molar-refractivity contribution in [1.29, 1.82) is 0 Å². The van der Waals surface area contributed by atoms with Crippen LogP contribution in [-0.4, -0.2) is 25.7 Å². The summed E-state index contributed by atoms with van der Waals surface area (Å²) in [4.78, 5) is 20.5. The fourth-order valence-corrected chi connectivity index (χ4v) is 0.646. The van der Waals surface area contributed by atoms with Crippen LogP contribution in [0.3, 0.4) is 0 Å². The second-order valence-electron chi connectivity index (χ2n) is 3.21. The number of hydrogen-bond acceptors (Lipinski definition) is 5. The zero-order valence-electron chi connectivity index (χ0n) is 9.16. The van der Waals surface area contributed by atoms with E-state index in [1.54, 1.807) is 13.8 Å². The van der Waals surface area contributed by atoms with Crippen LogP contribution in [0.15, 0.2) is 0 Å². The Labute approximate surface area is 84.2 Å². The van der Waals surface area contributed by atoms with Crippen LogP contribution >= 0.6 is 0 Å². The number of ether oxygens (including phenoxy) is 2. The molecule has 0 aliphatic carbocycles. The van der Waals surface area contributed by atoms with E-state index in [9.17, 15) is 4.79 Å². The van der Waals surface area contributed by atoms with E-state index in [0.717, 1.165) is 12.8 Å². The molecule has 0 aromatic carbocycles. The number of carbonyl (C=O) groups excluding carboxylic acids is 1. The molecule has 84 valence electrons. The van der Waals surface area contributed by atoms with Gasteiger partial charge in [0.2, 0.25) is 5.79 Å². The van der Waals surface area contributed by atoms with Crippen molar-refractivity contribution in [1.82, 2.24) is 0 Å². The molecule has 0 aromatic heterocycles. The Hall–Kier alpha value is -0.810. The normalized spacial score (nSPS) is 11.1. The topological polar surface area (TPSA) is 54.0 Å². The predicted molar refractivity (Wildman–Crippen MR) is 49.5 cm³/mol. The predicted octanol–water partition coefficient (Wildman–Crippen LogP) is 2.25. The molecule has 0 N–H and O–H groups in total. The lowest BCUT2D eigenvalue weighted by molar-refractivity contribution is -0.407. The third-order valence-corrected chi connectivity index (χ3v) is 1.34. The maximum absolute atomic E-state index is 10.7. The van der Waals surface area contributed by atoms with Crippen LogP contribution in [0.5, 0.6) is 0 Å². The third-order valence-electron chi connectivity index (χ3n) is 1.34. The molecule has 0 rings (SSSR count). The van der Waals surface area contributed by atoms with Crippen molar-refractivity contribution >= 4 is 6.16 Å². The molecule has 0 atom stereocenters. The first-order chi connectivity index (χ1) is 6.52. The molecule has 0 saturated carbocycles. The molecular weight excluding hydrogens is 188 g/mol. The summed E-state index contributed by atoms with van der Waals surface area (Å²) in [5.74, 6) is -1.12. The van der Waals surface area contributed by atoms with Crippen LogP contribution in [0.1, 0.15) is 33.6 Å². The van der Waals surface area contributed by atoms with Crippen LogP contribution in [0.2, 0.25) is 0 Å². The van der Waals surface area contributed by atoms with Gasteiger partial charge in [-0.2, -0.15) is 4.89 Å². The molecule has 5 nitrogen and oxygen atoms in total. The Morgan fingerprint density at radius 2 is 2.00 bits per heavy atom. The van der Waals surface area contributed by atoms with E-state index in [2.05, 4.69) is 4.74 Å². The van der Waals surface area contributed by atoms with Crippen LogP contribution in [0.4, 0.5) is 4.79 Å². The fraction of sp³-hybridized carbons (Fsp3) is 0.889. The lowest BCUT2D eigenvalue weighted by Crippen LogP contribution is -2.31. The average Bonchev–Trinajstić information content (AvgIpc) is 2.12. The van der Waals surface area contributed by atoms with Gasteiger partial charge in [0.1, 0.15) is 0 Å². The van der Waals surface area contributed by atoms with Crippen molar-refractivity contribution in [3.05, 3.63) is 0 Å². The van der Waals surface area contributed by atoms with Gasteiger partial charge in [-0.15, -0.1) is 0 Å². The van der Waals surface area contributed by atoms with E-state index in [-0.39, 0.29) is 0 Å². The summed E-state index contributed by atoms with van der Waals surface area (Å²) in [6.45, 7) is 5.65. The van der Waals surface area contributed by atoms with Crippen molar-refractivity contribution in [3.8, 4) is 0 Å². The molecule has 0 heterocycles. The zero-order chi connectivity index (χ0) is 11.0. The number of hydrogen-bond donors (Lipinski definition) is 0. The summed E-state index contributed by atoms with van der Waals surface area (Å²) < 4.78 is 9.08. The molecule has 0 aromatic rings. The van der Waals surface area contributed by atoms with E-state index < -0.39 is 11.9 Å². The van der Waals surface area contributed by atoms with Gasteiger partial charge in [0.25, 0.3) is 0 Å². The van der Waals surface area contributed by atoms with Crippen molar-refractivity contribution < 1.29 is 24.0 Å². The van der Waals surface area contributed by atoms with Gasteiger partial charge in [-0.1, -0.05) is 13.3 Å². The summed E-state index contributed by atoms with van der Waals surface area (Å²) in [6, 6.07) is 0. The number of methoxy groups -OCH3 is 1. The second-order valence-corrected chi connectivity index (χ2v) is 3.21. The largest absolute Gasteiger partial charge is 0.510 e. The molecule has 0 saturated heterocycles. The number of carbonyl (C=O) groups is 1. The van der Waals surface area contributed by atoms with Crippen LogP contribution < -0.4 is 0 Å². The van der Waals surface area contributed by atoms with Gasteiger partial charge in [0.05, 0.1) is 13.7 Å². The first-order valence-corrected chi connectivity index (χ1v) is 4.59. The molecule has 0 bridgehead atoms. The monoisotopic (exact) mass is 206 g/mol. The summed E-state index contributed by atoms with van der Waals surface area (Å²) in [6.07, 6.45) is 1.12. The molecule has 0 aliphatic heterocycles. The molecular formula is C9H18O5. The SMILES string of the molecule is CCCCOOC(C)(C)OC(=O)OC. The Morgan fingerprint density at radius 3 is 2.50 bits per heavy atom. The van der Waals surface area contributed by atoms with Crippen LogP contribution in [-0.2, 0) is 19.2 Å². The quantitative estimate of drug-likeness (QED) is 0.219. The third kappa shape index (κ3) is 6.68. The Balaban J connectivity index is 3.66. The highest BCUT2D eigenvalue weighted by molar-refractivity contribution is 5.59. The van der Waals surface area contributed by atoms with Crippen molar-refractivity contribution in [2.24, 2.45) is 0 Å². The Morgan fingerprint density at radius 1 is 1.36 bits per heavy atom. The minimum absolute atomic E-state index is 0.477. The van der Waals surface area contributed by atoms with Crippen molar-refractivity contribution in [2.75, 3.05) is 13.7 Å². The molecule has 14 heavy (non-hydrogen) atoms. The molecule has 0 spiro atoms. The number of rotatable bonds is 6. The van der Waals surface area contributed by atoms with Crippen molar-refractivity contribution in [2.45, 2.75) is 39.4 Å². The van der Waals surface area contributed by atoms with Gasteiger partial charge in [0.15, 0.2) is 0 Å². The van der Waals surface area contributed by atoms with E-state index in [1.807, 2.05) is 6.92 Å². The van der Waals surface area contributed by atoms with Gasteiger partial charge in [-0.3, -0.25) is 0 Å². The van der Waals surface area contributed by atoms with Crippen molar-refractivity contribution in [3.63, 3.8) is 0 Å². The van der Waals surface area contributed by atoms with E-state index in [1.165, 1.54) is 7.11 Å². The zero-order valence-corrected chi connectivity index (χ0v) is 9.16. The molecule has 0 aliphatic rings. The van der Waals surface area contributed by atoms with Gasteiger partial charge in [-0.05, 0) is 6.42 Å². The first kappa shape index (κ1) is 13.2. The highest BCUT2D eigenvalue weighted by atomic mass is 17.2. The number of unbranched alkanes of at least 4 members (excludes halogenated alkanes) is 1. The lowest BCUT2D eigenvalue weighted by Gasteiger charge is -2.22. The highest BCUT2D eigenvalue weighted by Gasteiger charge is 2.25. The van der Waals surface area contributed by atoms with Gasteiger partial charge in [0, 0.05) is 13.8 Å². The summed E-state index contributed by atoms with van der Waals surface area (Å²) in [5.41, 5.74) is 0. The van der Waals surface area contributed by atoms with Gasteiger partial charge < -0.3 is 9.47 Å². The van der Waals surface area contributed by atoms with E-state index >= 15 is 0 Å². The van der Waals surface area contributed by atoms with E-state index in [4.69, 9.17) is 14.5 Å².